The van der Waals surface area contributed by atoms with E-state index in [4.69, 9.17) is 10.5 Å². The number of nitrogen functional groups attached to an aromatic ring is 1. The van der Waals surface area contributed by atoms with Crippen LogP contribution in [0.4, 0.5) is 16.2 Å². The van der Waals surface area contributed by atoms with E-state index in [1.165, 1.54) is 6.21 Å². The van der Waals surface area contributed by atoms with Crippen molar-refractivity contribution in [3.05, 3.63) is 83.4 Å². The second-order valence-electron chi connectivity index (χ2n) is 7.98. The predicted octanol–water partition coefficient (Wildman–Crippen LogP) is 5.13. The zero-order valence-electron chi connectivity index (χ0n) is 18.7. The number of rotatable bonds is 6. The normalized spacial score (nSPS) is 16.6. The Hall–Kier alpha value is -4.44. The highest BCUT2D eigenvalue weighted by atomic mass is 16.5. The number of aliphatic imine (C=N–C) groups is 1. The summed E-state index contributed by atoms with van der Waals surface area (Å²) in [5.74, 6) is -0.282. The molecule has 2 atom stereocenters. The Balaban J connectivity index is 1.45. The molecule has 4 rings (SSSR count). The predicted molar refractivity (Wildman–Crippen MR) is 132 cm³/mol. The molecule has 34 heavy (non-hydrogen) atoms. The molecule has 170 valence electrons. The van der Waals surface area contributed by atoms with Gasteiger partial charge in [0.15, 0.2) is 0 Å². The Morgan fingerprint density at radius 2 is 1.91 bits per heavy atom. The zero-order chi connectivity index (χ0) is 24.1. The first kappa shape index (κ1) is 22.7. The quantitative estimate of drug-likeness (QED) is 0.397. The molecular weight excluding hydrogens is 428 g/mol. The molecule has 0 spiro atoms. The maximum atomic E-state index is 12.9. The molecule has 7 nitrogen and oxygen atoms in total. The van der Waals surface area contributed by atoms with Crippen molar-refractivity contribution in [3.8, 4) is 17.2 Å². The van der Waals surface area contributed by atoms with Crippen molar-refractivity contribution in [1.82, 2.24) is 0 Å². The standard InChI is InChI=1S/C27H24N4O3/c1-2-34-27(33)30-16-24-21(8-5-9-25(24)29)22-14-23(22)26(32)31-19-12-10-17(11-13-19)20-7-4-3-6-18(20)15-28/h3-13,16,22-23H,2,14,29H2,1H3,(H,31,32)/t22-,23-/m1/s1. The van der Waals surface area contributed by atoms with Crippen LogP contribution >= 0.6 is 0 Å². The Morgan fingerprint density at radius 3 is 2.65 bits per heavy atom. The maximum absolute atomic E-state index is 12.9. The van der Waals surface area contributed by atoms with Crippen LogP contribution in [0.15, 0.2) is 71.7 Å². The molecule has 0 bridgehead atoms. The van der Waals surface area contributed by atoms with E-state index in [0.29, 0.717) is 28.9 Å². The summed E-state index contributed by atoms with van der Waals surface area (Å²) in [4.78, 5) is 28.3. The molecule has 1 aliphatic carbocycles. The number of nitrogens with two attached hydrogens (primary N) is 1. The van der Waals surface area contributed by atoms with Crippen molar-refractivity contribution in [2.45, 2.75) is 19.3 Å². The van der Waals surface area contributed by atoms with Crippen LogP contribution in [0.25, 0.3) is 11.1 Å². The summed E-state index contributed by atoms with van der Waals surface area (Å²) in [6.07, 6.45) is 1.42. The van der Waals surface area contributed by atoms with Gasteiger partial charge in [-0.05, 0) is 60.2 Å². The van der Waals surface area contributed by atoms with Crippen LogP contribution in [0.2, 0.25) is 0 Å². The molecule has 1 fully saturated rings. The minimum absolute atomic E-state index is 0.00563. The molecular formula is C27H24N4O3. The van der Waals surface area contributed by atoms with E-state index in [1.807, 2.05) is 54.6 Å². The molecule has 3 N–H and O–H groups in total. The summed E-state index contributed by atoms with van der Waals surface area (Å²) in [7, 11) is 0. The second-order valence-corrected chi connectivity index (χ2v) is 7.98. The molecule has 0 heterocycles. The van der Waals surface area contributed by atoms with Crippen LogP contribution in [0.1, 0.15) is 36.0 Å². The van der Waals surface area contributed by atoms with Crippen molar-refractivity contribution >= 4 is 29.6 Å². The fourth-order valence-electron chi connectivity index (χ4n) is 3.98. The SMILES string of the molecule is CCOC(=O)N=Cc1c(N)cccc1[C@H]1C[C@H]1C(=O)Nc1ccc(-c2ccccc2C#N)cc1. The lowest BCUT2D eigenvalue weighted by Gasteiger charge is -2.10. The van der Waals surface area contributed by atoms with Crippen LogP contribution < -0.4 is 11.1 Å². The number of carbonyl (C=O) groups excluding carboxylic acids is 2. The Morgan fingerprint density at radius 1 is 1.15 bits per heavy atom. The van der Waals surface area contributed by atoms with Crippen LogP contribution in [0, 0.1) is 17.2 Å². The topological polar surface area (TPSA) is 118 Å². The van der Waals surface area contributed by atoms with Gasteiger partial charge in [-0.3, -0.25) is 4.79 Å². The Kier molecular flexibility index (Phi) is 6.69. The molecule has 0 aromatic heterocycles. The number of anilines is 2. The van der Waals surface area contributed by atoms with Gasteiger partial charge in [-0.25, -0.2) is 4.79 Å². The van der Waals surface area contributed by atoms with Gasteiger partial charge in [0.25, 0.3) is 0 Å². The van der Waals surface area contributed by atoms with Crippen molar-refractivity contribution in [2.75, 3.05) is 17.7 Å². The van der Waals surface area contributed by atoms with Gasteiger partial charge in [0.1, 0.15) is 0 Å². The van der Waals surface area contributed by atoms with E-state index in [2.05, 4.69) is 16.4 Å². The molecule has 7 heteroatoms. The summed E-state index contributed by atoms with van der Waals surface area (Å²) in [5.41, 5.74) is 11.2. The third kappa shape index (κ3) is 4.97. The molecule has 3 aromatic carbocycles. The number of carbonyl (C=O) groups is 2. The van der Waals surface area contributed by atoms with Crippen LogP contribution in [-0.2, 0) is 9.53 Å². The number of nitriles is 1. The number of ether oxygens (including phenoxy) is 1. The molecule has 0 unspecified atom stereocenters. The first-order chi connectivity index (χ1) is 16.5. The largest absolute Gasteiger partial charge is 0.448 e. The number of amides is 2. The number of nitrogens with one attached hydrogen (secondary N) is 1. The third-order valence-electron chi connectivity index (χ3n) is 5.78. The van der Waals surface area contributed by atoms with Gasteiger partial charge >= 0.3 is 6.09 Å². The summed E-state index contributed by atoms with van der Waals surface area (Å²) in [6, 6.07) is 22.5. The first-order valence-electron chi connectivity index (χ1n) is 11.0. The van der Waals surface area contributed by atoms with Gasteiger partial charge in [-0.2, -0.15) is 10.3 Å². The fraction of sp³-hybridized carbons (Fsp3) is 0.185. The monoisotopic (exact) mass is 452 g/mol. The fourth-order valence-corrected chi connectivity index (χ4v) is 3.98. The maximum Gasteiger partial charge on any atom is 0.433 e. The van der Waals surface area contributed by atoms with Gasteiger partial charge in [-0.1, -0.05) is 42.5 Å². The molecule has 0 aliphatic heterocycles. The van der Waals surface area contributed by atoms with Crippen LogP contribution in [-0.4, -0.2) is 24.8 Å². The first-order valence-corrected chi connectivity index (χ1v) is 11.0. The van der Waals surface area contributed by atoms with Gasteiger partial charge in [0.05, 0.1) is 18.2 Å². The van der Waals surface area contributed by atoms with Crippen molar-refractivity contribution in [3.63, 3.8) is 0 Å². The molecule has 1 saturated carbocycles. The summed E-state index contributed by atoms with van der Waals surface area (Å²) < 4.78 is 4.84. The van der Waals surface area contributed by atoms with E-state index in [1.54, 1.807) is 19.1 Å². The Labute approximate surface area is 197 Å². The number of benzene rings is 3. The van der Waals surface area contributed by atoms with E-state index in [0.717, 1.165) is 16.7 Å². The lowest BCUT2D eigenvalue weighted by atomic mass is 10.00. The summed E-state index contributed by atoms with van der Waals surface area (Å²) in [6.45, 7) is 1.95. The van der Waals surface area contributed by atoms with E-state index >= 15 is 0 Å². The van der Waals surface area contributed by atoms with E-state index in [-0.39, 0.29) is 24.3 Å². The highest BCUT2D eigenvalue weighted by Crippen LogP contribution is 2.49. The second kappa shape index (κ2) is 10.0. The van der Waals surface area contributed by atoms with E-state index in [9.17, 15) is 14.9 Å². The third-order valence-corrected chi connectivity index (χ3v) is 5.78. The molecule has 3 aromatic rings. The van der Waals surface area contributed by atoms with Crippen molar-refractivity contribution in [2.24, 2.45) is 10.9 Å². The average molecular weight is 453 g/mol. The summed E-state index contributed by atoms with van der Waals surface area (Å²) >= 11 is 0. The highest BCUT2D eigenvalue weighted by molar-refractivity contribution is 5.98. The molecule has 1 aliphatic rings. The Bertz CT molecular complexity index is 1290. The van der Waals surface area contributed by atoms with E-state index < -0.39 is 6.09 Å². The van der Waals surface area contributed by atoms with Crippen LogP contribution in [0.3, 0.4) is 0 Å². The lowest BCUT2D eigenvalue weighted by molar-refractivity contribution is -0.117. The average Bonchev–Trinajstić information content (AvgIpc) is 3.65. The highest BCUT2D eigenvalue weighted by Gasteiger charge is 2.45. The number of nitrogens with zero attached hydrogens (tertiary/aromatic N) is 2. The van der Waals surface area contributed by atoms with Gasteiger partial charge in [0, 0.05) is 29.1 Å². The number of hydrogen-bond acceptors (Lipinski definition) is 5. The number of hydrogen-bond donors (Lipinski definition) is 2. The van der Waals surface area contributed by atoms with Gasteiger partial charge in [-0.15, -0.1) is 0 Å². The van der Waals surface area contributed by atoms with Gasteiger partial charge < -0.3 is 15.8 Å². The van der Waals surface area contributed by atoms with Crippen molar-refractivity contribution in [1.29, 1.82) is 5.26 Å². The van der Waals surface area contributed by atoms with Crippen molar-refractivity contribution < 1.29 is 14.3 Å². The lowest BCUT2D eigenvalue weighted by Crippen LogP contribution is -2.15. The zero-order valence-corrected chi connectivity index (χ0v) is 18.7. The molecule has 0 saturated heterocycles. The summed E-state index contributed by atoms with van der Waals surface area (Å²) in [5, 5.41) is 12.3. The smallest absolute Gasteiger partial charge is 0.433 e. The minimum atomic E-state index is -0.678. The minimum Gasteiger partial charge on any atom is -0.448 e. The van der Waals surface area contributed by atoms with Crippen LogP contribution in [0.5, 0.6) is 0 Å². The molecule has 0 radical (unpaired) electrons. The van der Waals surface area contributed by atoms with Gasteiger partial charge in [0.2, 0.25) is 5.91 Å². The molecule has 2 amide bonds.